The molecule has 146 valence electrons. The van der Waals surface area contributed by atoms with E-state index in [9.17, 15) is 4.79 Å². The minimum atomic E-state index is -0.503. The molecule has 1 aromatic carbocycles. The first kappa shape index (κ1) is 19.8. The highest BCUT2D eigenvalue weighted by Crippen LogP contribution is 2.37. The van der Waals surface area contributed by atoms with Crippen LogP contribution in [-0.4, -0.2) is 35.0 Å². The van der Waals surface area contributed by atoms with Crippen LogP contribution in [0.25, 0.3) is 11.4 Å². The number of carbonyl (C=O) groups excluding carboxylic acids is 1. The largest absolute Gasteiger partial charge is 0.496 e. The maximum absolute atomic E-state index is 11.6. The molecule has 0 bridgehead atoms. The van der Waals surface area contributed by atoms with Crippen LogP contribution in [-0.2, 0) is 11.3 Å². The summed E-state index contributed by atoms with van der Waals surface area (Å²) in [6.07, 6.45) is 1.79. The summed E-state index contributed by atoms with van der Waals surface area (Å²) in [7, 11) is 2.94. The number of carbonyl (C=O) groups is 1. The second-order valence-electron chi connectivity index (χ2n) is 5.86. The molecule has 0 saturated carbocycles. The molecule has 0 aliphatic heterocycles. The summed E-state index contributed by atoms with van der Waals surface area (Å²) in [4.78, 5) is 11.6. The highest BCUT2D eigenvalue weighted by molar-refractivity contribution is 7.99. The zero-order valence-corrected chi connectivity index (χ0v) is 16.7. The van der Waals surface area contributed by atoms with Crippen LogP contribution in [0.5, 0.6) is 5.75 Å². The Labute approximate surface area is 167 Å². The zero-order chi connectivity index (χ0) is 20.1. The van der Waals surface area contributed by atoms with Gasteiger partial charge in [0.05, 0.1) is 25.0 Å². The predicted octanol–water partition coefficient (Wildman–Crippen LogP) is 4.37. The minimum Gasteiger partial charge on any atom is -0.496 e. The molecule has 28 heavy (non-hydrogen) atoms. The fourth-order valence-corrected chi connectivity index (χ4v) is 3.63. The summed E-state index contributed by atoms with van der Waals surface area (Å²) < 4.78 is 17.7. The number of thioether (sulfide) groups is 1. The van der Waals surface area contributed by atoms with Crippen LogP contribution in [0.15, 0.2) is 58.6 Å². The average molecular weight is 399 g/mol. The Kier molecular flexibility index (Phi) is 6.20. The third-order valence-corrected chi connectivity index (χ3v) is 5.17. The lowest BCUT2D eigenvalue weighted by Crippen LogP contribution is -2.02. The van der Waals surface area contributed by atoms with Gasteiger partial charge in [0.15, 0.2) is 11.0 Å². The van der Waals surface area contributed by atoms with Gasteiger partial charge in [-0.3, -0.25) is 4.57 Å². The Hall–Kier alpha value is -3.00. The lowest BCUT2D eigenvalue weighted by molar-refractivity contribution is 0.0563. The minimum absolute atomic E-state index is 0.0864. The van der Waals surface area contributed by atoms with Gasteiger partial charge in [-0.2, -0.15) is 0 Å². The number of benzene rings is 1. The molecule has 3 rings (SSSR count). The molecular formula is C20H21N3O4S. The Morgan fingerprint density at radius 1 is 1.29 bits per heavy atom. The van der Waals surface area contributed by atoms with E-state index in [2.05, 4.69) is 21.5 Å². The Balaban J connectivity index is 1.90. The molecule has 1 unspecified atom stereocenters. The number of ether oxygens (including phenoxy) is 2. The van der Waals surface area contributed by atoms with Crippen LogP contribution in [0.1, 0.15) is 28.5 Å². The summed E-state index contributed by atoms with van der Waals surface area (Å²) in [6, 6.07) is 11.0. The van der Waals surface area contributed by atoms with Gasteiger partial charge in [0, 0.05) is 6.54 Å². The number of rotatable bonds is 8. The maximum Gasteiger partial charge on any atom is 0.373 e. The second kappa shape index (κ2) is 8.79. The van der Waals surface area contributed by atoms with E-state index in [1.165, 1.54) is 18.9 Å². The third kappa shape index (κ3) is 3.96. The van der Waals surface area contributed by atoms with Crippen molar-refractivity contribution in [2.45, 2.75) is 23.9 Å². The van der Waals surface area contributed by atoms with Gasteiger partial charge >= 0.3 is 5.97 Å². The molecule has 0 radical (unpaired) electrons. The molecule has 2 heterocycles. The van der Waals surface area contributed by atoms with E-state index >= 15 is 0 Å². The van der Waals surface area contributed by atoms with Crippen molar-refractivity contribution in [3.05, 3.63) is 60.6 Å². The van der Waals surface area contributed by atoms with Crippen LogP contribution < -0.4 is 4.74 Å². The van der Waals surface area contributed by atoms with Crippen molar-refractivity contribution >= 4 is 17.7 Å². The van der Waals surface area contributed by atoms with E-state index in [4.69, 9.17) is 9.15 Å². The van der Waals surface area contributed by atoms with Crippen molar-refractivity contribution in [1.82, 2.24) is 14.8 Å². The number of aromatic nitrogens is 3. The highest BCUT2D eigenvalue weighted by atomic mass is 32.2. The van der Waals surface area contributed by atoms with Gasteiger partial charge in [0.2, 0.25) is 5.76 Å². The van der Waals surface area contributed by atoms with Crippen molar-refractivity contribution in [3.63, 3.8) is 0 Å². The van der Waals surface area contributed by atoms with E-state index in [1.54, 1.807) is 25.3 Å². The van der Waals surface area contributed by atoms with Crippen LogP contribution in [0, 0.1) is 0 Å². The monoisotopic (exact) mass is 399 g/mol. The van der Waals surface area contributed by atoms with Gasteiger partial charge in [0.25, 0.3) is 0 Å². The second-order valence-corrected chi connectivity index (χ2v) is 7.17. The van der Waals surface area contributed by atoms with Crippen molar-refractivity contribution in [3.8, 4) is 17.1 Å². The SMILES string of the molecule is C=CCn1c(SC(C)c2ccc(C(=O)OC)o2)nnc1-c1ccccc1OC. The number of para-hydroxylation sites is 1. The molecule has 0 spiro atoms. The van der Waals surface area contributed by atoms with Crippen molar-refractivity contribution < 1.29 is 18.7 Å². The van der Waals surface area contributed by atoms with E-state index in [0.717, 1.165) is 11.3 Å². The van der Waals surface area contributed by atoms with E-state index in [-0.39, 0.29) is 11.0 Å². The van der Waals surface area contributed by atoms with E-state index in [0.29, 0.717) is 23.3 Å². The zero-order valence-electron chi connectivity index (χ0n) is 15.9. The molecule has 3 aromatic rings. The van der Waals surface area contributed by atoms with Gasteiger partial charge < -0.3 is 13.9 Å². The van der Waals surface area contributed by atoms with Gasteiger partial charge in [-0.15, -0.1) is 16.8 Å². The Morgan fingerprint density at radius 3 is 2.79 bits per heavy atom. The lowest BCUT2D eigenvalue weighted by Gasteiger charge is -2.12. The quantitative estimate of drug-likeness (QED) is 0.316. The molecule has 0 amide bonds. The first-order valence-electron chi connectivity index (χ1n) is 8.61. The summed E-state index contributed by atoms with van der Waals surface area (Å²) in [6.45, 7) is 6.35. The molecule has 0 N–H and O–H groups in total. The summed E-state index contributed by atoms with van der Waals surface area (Å²) >= 11 is 1.48. The van der Waals surface area contributed by atoms with Crippen molar-refractivity contribution in [2.75, 3.05) is 14.2 Å². The standard InChI is InChI=1S/C20H21N3O4S/c1-5-12-23-18(14-8-6-7-9-16(14)25-3)21-22-20(23)28-13(2)15-10-11-17(27-15)19(24)26-4/h5-11,13H,1,12H2,2-4H3. The van der Waals surface area contributed by atoms with Gasteiger partial charge in [0.1, 0.15) is 11.5 Å². The predicted molar refractivity (Wildman–Crippen MR) is 107 cm³/mol. The molecule has 0 aliphatic rings. The topological polar surface area (TPSA) is 79.4 Å². The third-order valence-electron chi connectivity index (χ3n) is 4.07. The van der Waals surface area contributed by atoms with Crippen LogP contribution in [0.2, 0.25) is 0 Å². The molecule has 1 atom stereocenters. The maximum atomic E-state index is 11.6. The highest BCUT2D eigenvalue weighted by Gasteiger charge is 2.21. The van der Waals surface area contributed by atoms with Crippen LogP contribution >= 0.6 is 11.8 Å². The Morgan fingerprint density at radius 2 is 2.07 bits per heavy atom. The van der Waals surface area contributed by atoms with Crippen LogP contribution in [0.3, 0.4) is 0 Å². The van der Waals surface area contributed by atoms with Crippen LogP contribution in [0.4, 0.5) is 0 Å². The number of esters is 1. The van der Waals surface area contributed by atoms with Gasteiger partial charge in [-0.25, -0.2) is 4.79 Å². The molecule has 7 nitrogen and oxygen atoms in total. The van der Waals surface area contributed by atoms with Crippen molar-refractivity contribution in [2.24, 2.45) is 0 Å². The summed E-state index contributed by atoms with van der Waals surface area (Å²) in [5.41, 5.74) is 0.852. The average Bonchev–Trinajstić information content (AvgIpc) is 3.36. The summed E-state index contributed by atoms with van der Waals surface area (Å²) in [5.74, 6) is 1.74. The molecule has 0 fully saturated rings. The normalized spacial score (nSPS) is 11.8. The smallest absolute Gasteiger partial charge is 0.373 e. The molecule has 2 aromatic heterocycles. The lowest BCUT2D eigenvalue weighted by atomic mass is 10.2. The Bertz CT molecular complexity index is 979. The van der Waals surface area contributed by atoms with Crippen molar-refractivity contribution in [1.29, 1.82) is 0 Å². The number of nitrogens with zero attached hydrogens (tertiary/aromatic N) is 3. The van der Waals surface area contributed by atoms with E-state index < -0.39 is 5.97 Å². The number of methoxy groups -OCH3 is 2. The molecular weight excluding hydrogens is 378 g/mol. The fourth-order valence-electron chi connectivity index (χ4n) is 2.70. The number of hydrogen-bond acceptors (Lipinski definition) is 7. The first-order valence-corrected chi connectivity index (χ1v) is 9.49. The van der Waals surface area contributed by atoms with Gasteiger partial charge in [-0.05, 0) is 31.2 Å². The van der Waals surface area contributed by atoms with E-state index in [1.807, 2.05) is 35.8 Å². The number of hydrogen-bond donors (Lipinski definition) is 0. The molecule has 0 aliphatic carbocycles. The number of furan rings is 1. The summed E-state index contributed by atoms with van der Waals surface area (Å²) in [5, 5.41) is 9.34. The molecule has 8 heteroatoms. The molecule has 0 saturated heterocycles. The fraction of sp³-hybridized carbons (Fsp3) is 0.250. The number of allylic oxidation sites excluding steroid dienone is 1. The van der Waals surface area contributed by atoms with Gasteiger partial charge in [-0.1, -0.05) is 30.0 Å². The first-order chi connectivity index (χ1) is 13.6.